The van der Waals surface area contributed by atoms with Crippen molar-refractivity contribution in [2.45, 2.75) is 57.4 Å². The summed E-state index contributed by atoms with van der Waals surface area (Å²) in [4.78, 5) is 28.3. The summed E-state index contributed by atoms with van der Waals surface area (Å²) < 4.78 is 13.1. The second-order valence-electron chi connectivity index (χ2n) is 9.35. The second kappa shape index (κ2) is 6.32. The first kappa shape index (κ1) is 17.2. The molecule has 5 fully saturated rings. The lowest BCUT2D eigenvalue weighted by Crippen LogP contribution is -2.56. The summed E-state index contributed by atoms with van der Waals surface area (Å²) in [5, 5.41) is 2.87. The van der Waals surface area contributed by atoms with Gasteiger partial charge in [-0.3, -0.25) is 9.59 Å². The number of anilines is 1. The molecule has 1 heterocycles. The van der Waals surface area contributed by atoms with Crippen LogP contribution in [0.3, 0.4) is 0 Å². The monoisotopic (exact) mass is 370 g/mol. The quantitative estimate of drug-likeness (QED) is 0.875. The highest BCUT2D eigenvalue weighted by molar-refractivity contribution is 5.98. The summed E-state index contributed by atoms with van der Waals surface area (Å²) in [6.07, 6.45) is 8.59. The van der Waals surface area contributed by atoms with Crippen molar-refractivity contribution in [2.24, 2.45) is 23.2 Å². The van der Waals surface area contributed by atoms with E-state index in [2.05, 4.69) is 5.32 Å². The van der Waals surface area contributed by atoms with Crippen LogP contribution in [-0.4, -0.2) is 29.3 Å². The average molecular weight is 370 g/mol. The molecule has 1 atom stereocenters. The van der Waals surface area contributed by atoms with Crippen molar-refractivity contribution in [1.82, 2.24) is 4.90 Å². The van der Waals surface area contributed by atoms with E-state index < -0.39 is 6.04 Å². The Morgan fingerprint density at radius 3 is 2.19 bits per heavy atom. The number of likely N-dealkylation sites (tertiary alicyclic amines) is 1. The fourth-order valence-electron chi connectivity index (χ4n) is 6.72. The molecule has 1 N–H and O–H groups in total. The topological polar surface area (TPSA) is 49.4 Å². The second-order valence-corrected chi connectivity index (χ2v) is 9.35. The summed E-state index contributed by atoms with van der Waals surface area (Å²) in [6, 6.07) is 5.40. The predicted molar refractivity (Wildman–Crippen MR) is 100 cm³/mol. The van der Waals surface area contributed by atoms with Gasteiger partial charge in [0, 0.05) is 12.2 Å². The smallest absolute Gasteiger partial charge is 0.247 e. The van der Waals surface area contributed by atoms with E-state index in [1.54, 1.807) is 12.1 Å². The minimum absolute atomic E-state index is 0.141. The number of rotatable bonds is 3. The Balaban J connectivity index is 1.32. The first-order chi connectivity index (χ1) is 13.0. The van der Waals surface area contributed by atoms with Gasteiger partial charge in [-0.25, -0.2) is 4.39 Å². The molecule has 0 spiro atoms. The molecule has 1 saturated heterocycles. The number of halogens is 1. The maximum absolute atomic E-state index is 13.6. The van der Waals surface area contributed by atoms with Crippen LogP contribution in [0.2, 0.25) is 0 Å². The van der Waals surface area contributed by atoms with Gasteiger partial charge in [-0.2, -0.15) is 0 Å². The largest absolute Gasteiger partial charge is 0.330 e. The highest BCUT2D eigenvalue weighted by atomic mass is 19.1. The number of hydrogen-bond acceptors (Lipinski definition) is 2. The van der Waals surface area contributed by atoms with E-state index in [1.165, 1.54) is 31.4 Å². The van der Waals surface area contributed by atoms with Crippen LogP contribution < -0.4 is 5.32 Å². The predicted octanol–water partition coefficient (Wildman–Crippen LogP) is 3.97. The number of nitrogens with one attached hydrogen (secondary N) is 1. The molecule has 4 saturated carbocycles. The number of nitrogens with zero attached hydrogens (tertiary/aromatic N) is 1. The molecule has 144 valence electrons. The van der Waals surface area contributed by atoms with Gasteiger partial charge in [0.15, 0.2) is 0 Å². The molecule has 6 rings (SSSR count). The molecule has 1 aromatic carbocycles. The number of hydrogen-bond donors (Lipinski definition) is 1. The van der Waals surface area contributed by atoms with E-state index in [0.29, 0.717) is 36.4 Å². The van der Waals surface area contributed by atoms with Gasteiger partial charge >= 0.3 is 0 Å². The van der Waals surface area contributed by atoms with E-state index in [1.807, 2.05) is 4.90 Å². The van der Waals surface area contributed by atoms with Crippen molar-refractivity contribution < 1.29 is 14.0 Å². The zero-order valence-electron chi connectivity index (χ0n) is 15.6. The molecule has 1 aromatic rings. The van der Waals surface area contributed by atoms with E-state index in [0.717, 1.165) is 25.7 Å². The molecular weight excluding hydrogens is 343 g/mol. The maximum Gasteiger partial charge on any atom is 0.247 e. The third-order valence-electron chi connectivity index (χ3n) is 7.42. The lowest BCUT2D eigenvalue weighted by molar-refractivity contribution is -0.160. The number of carbonyl (C=O) groups excluding carboxylic acids is 2. The number of benzene rings is 1. The van der Waals surface area contributed by atoms with Crippen LogP contribution in [-0.2, 0) is 9.59 Å². The van der Waals surface area contributed by atoms with Crippen molar-refractivity contribution in [3.05, 3.63) is 30.1 Å². The molecule has 0 radical (unpaired) electrons. The zero-order valence-corrected chi connectivity index (χ0v) is 15.6. The van der Waals surface area contributed by atoms with E-state index in [-0.39, 0.29) is 23.0 Å². The first-order valence-electron chi connectivity index (χ1n) is 10.4. The van der Waals surface area contributed by atoms with Crippen LogP contribution in [0.15, 0.2) is 24.3 Å². The molecule has 4 aliphatic carbocycles. The molecular formula is C22H27FN2O2. The van der Waals surface area contributed by atoms with Gasteiger partial charge in [0.1, 0.15) is 11.9 Å². The van der Waals surface area contributed by atoms with Crippen molar-refractivity contribution in [2.75, 3.05) is 11.9 Å². The minimum Gasteiger partial charge on any atom is -0.330 e. The van der Waals surface area contributed by atoms with Crippen molar-refractivity contribution >= 4 is 17.5 Å². The van der Waals surface area contributed by atoms with E-state index in [4.69, 9.17) is 0 Å². The third kappa shape index (κ3) is 2.95. The van der Waals surface area contributed by atoms with Gasteiger partial charge in [0.25, 0.3) is 0 Å². The fourth-order valence-corrected chi connectivity index (χ4v) is 6.72. The number of amides is 2. The normalized spacial score (nSPS) is 36.9. The lowest BCUT2D eigenvalue weighted by atomic mass is 9.49. The Labute approximate surface area is 159 Å². The molecule has 4 nitrogen and oxygen atoms in total. The summed E-state index contributed by atoms with van der Waals surface area (Å²) in [7, 11) is 0. The molecule has 27 heavy (non-hydrogen) atoms. The van der Waals surface area contributed by atoms with E-state index in [9.17, 15) is 14.0 Å². The average Bonchev–Trinajstić information content (AvgIpc) is 3.11. The Morgan fingerprint density at radius 2 is 1.59 bits per heavy atom. The van der Waals surface area contributed by atoms with Crippen molar-refractivity contribution in [1.29, 1.82) is 0 Å². The molecule has 1 aliphatic heterocycles. The van der Waals surface area contributed by atoms with Crippen LogP contribution in [0.25, 0.3) is 0 Å². The van der Waals surface area contributed by atoms with Crippen LogP contribution in [0.5, 0.6) is 0 Å². The van der Waals surface area contributed by atoms with Gasteiger partial charge in [-0.15, -0.1) is 0 Å². The van der Waals surface area contributed by atoms with Crippen molar-refractivity contribution in [3.63, 3.8) is 0 Å². The highest BCUT2D eigenvalue weighted by Crippen LogP contribution is 2.60. The van der Waals surface area contributed by atoms with Gasteiger partial charge in [0.2, 0.25) is 11.8 Å². The first-order valence-corrected chi connectivity index (χ1v) is 10.4. The van der Waals surface area contributed by atoms with Crippen LogP contribution in [0.1, 0.15) is 51.4 Å². The molecule has 0 unspecified atom stereocenters. The van der Waals surface area contributed by atoms with Gasteiger partial charge in [0.05, 0.1) is 5.41 Å². The minimum atomic E-state index is -0.393. The van der Waals surface area contributed by atoms with Crippen LogP contribution >= 0.6 is 0 Å². The van der Waals surface area contributed by atoms with Crippen molar-refractivity contribution in [3.8, 4) is 0 Å². The molecule has 0 aromatic heterocycles. The van der Waals surface area contributed by atoms with Crippen LogP contribution in [0.4, 0.5) is 10.1 Å². The zero-order chi connectivity index (χ0) is 18.6. The Hall–Kier alpha value is -1.91. The third-order valence-corrected chi connectivity index (χ3v) is 7.42. The van der Waals surface area contributed by atoms with Gasteiger partial charge in [-0.1, -0.05) is 0 Å². The standard InChI is InChI=1S/C22H27FN2O2/c23-17-3-5-18(6-4-17)24-20(26)19-2-1-7-25(19)21(27)22-11-14-8-15(12-22)10-16(9-14)13-22/h3-6,14-16,19H,1-2,7-13H2,(H,24,26)/t14?,15?,16?,19-,22?/m0/s1. The molecule has 5 heteroatoms. The van der Waals surface area contributed by atoms with Gasteiger partial charge < -0.3 is 10.2 Å². The van der Waals surface area contributed by atoms with Crippen LogP contribution in [0, 0.1) is 29.0 Å². The Morgan fingerprint density at radius 1 is 1.00 bits per heavy atom. The fraction of sp³-hybridized carbons (Fsp3) is 0.636. The summed E-state index contributed by atoms with van der Waals surface area (Å²) >= 11 is 0. The SMILES string of the molecule is O=C(Nc1ccc(F)cc1)[C@@H]1CCCN1C(=O)C12CC3CC(CC(C3)C1)C2. The summed E-state index contributed by atoms with van der Waals surface area (Å²) in [5.74, 6) is 1.92. The lowest BCUT2D eigenvalue weighted by Gasteiger charge is -2.56. The Kier molecular flexibility index (Phi) is 4.03. The molecule has 2 amide bonds. The molecule has 5 aliphatic rings. The maximum atomic E-state index is 13.6. The molecule has 4 bridgehead atoms. The summed E-state index contributed by atoms with van der Waals surface area (Å²) in [6.45, 7) is 0.683. The highest BCUT2D eigenvalue weighted by Gasteiger charge is 2.56. The van der Waals surface area contributed by atoms with E-state index >= 15 is 0 Å². The van der Waals surface area contributed by atoms with Gasteiger partial charge in [-0.05, 0) is 93.4 Å². The summed E-state index contributed by atoms with van der Waals surface area (Å²) in [5.41, 5.74) is 0.378. The number of carbonyl (C=O) groups is 2. The Bertz CT molecular complexity index is 725.